The summed E-state index contributed by atoms with van der Waals surface area (Å²) in [7, 11) is 0. The molecule has 0 unspecified atom stereocenters. The summed E-state index contributed by atoms with van der Waals surface area (Å²) in [6.07, 6.45) is 2.11. The Morgan fingerprint density at radius 3 is 2.85 bits per heavy atom. The van der Waals surface area contributed by atoms with Gasteiger partial charge < -0.3 is 9.63 Å². The maximum absolute atomic E-state index is 10.7. The SMILES string of the molecule is CC(C)Cc1nc(CSc2ccc(C(=O)O)cn2)no1. The minimum atomic E-state index is -0.981. The van der Waals surface area contributed by atoms with E-state index < -0.39 is 5.97 Å². The topological polar surface area (TPSA) is 89.1 Å². The van der Waals surface area contributed by atoms with Gasteiger partial charge in [-0.2, -0.15) is 4.98 Å². The zero-order valence-corrected chi connectivity index (χ0v) is 12.1. The van der Waals surface area contributed by atoms with E-state index in [9.17, 15) is 4.79 Å². The van der Waals surface area contributed by atoms with Crippen LogP contribution >= 0.6 is 11.8 Å². The van der Waals surface area contributed by atoms with E-state index in [2.05, 4.69) is 29.0 Å². The molecule has 0 spiro atoms. The van der Waals surface area contributed by atoms with Crippen LogP contribution in [0.15, 0.2) is 27.9 Å². The van der Waals surface area contributed by atoms with E-state index in [1.807, 2.05) is 0 Å². The molecule has 2 aromatic heterocycles. The second-order valence-electron chi connectivity index (χ2n) is 4.68. The fraction of sp³-hybridized carbons (Fsp3) is 0.385. The fourth-order valence-electron chi connectivity index (χ4n) is 1.51. The molecular weight excluding hydrogens is 278 g/mol. The molecule has 0 aliphatic heterocycles. The van der Waals surface area contributed by atoms with Gasteiger partial charge >= 0.3 is 5.97 Å². The predicted molar refractivity (Wildman–Crippen MR) is 73.6 cm³/mol. The van der Waals surface area contributed by atoms with Gasteiger partial charge in [-0.1, -0.05) is 30.8 Å². The summed E-state index contributed by atoms with van der Waals surface area (Å²) < 4.78 is 5.14. The molecular formula is C13H15N3O3S. The molecule has 2 aromatic rings. The molecule has 2 rings (SSSR count). The van der Waals surface area contributed by atoms with Crippen molar-refractivity contribution in [2.45, 2.75) is 31.0 Å². The van der Waals surface area contributed by atoms with Crippen molar-refractivity contribution in [3.8, 4) is 0 Å². The van der Waals surface area contributed by atoms with Crippen LogP contribution in [0, 0.1) is 5.92 Å². The molecule has 0 atom stereocenters. The van der Waals surface area contributed by atoms with Crippen LogP contribution in [0.3, 0.4) is 0 Å². The van der Waals surface area contributed by atoms with Crippen LogP contribution in [0.5, 0.6) is 0 Å². The van der Waals surface area contributed by atoms with E-state index in [0.29, 0.717) is 23.4 Å². The number of thioether (sulfide) groups is 1. The molecule has 0 amide bonds. The molecule has 7 heteroatoms. The Hall–Kier alpha value is -1.89. The summed E-state index contributed by atoms with van der Waals surface area (Å²) >= 11 is 1.44. The molecule has 0 aliphatic rings. The molecule has 20 heavy (non-hydrogen) atoms. The lowest BCUT2D eigenvalue weighted by atomic mass is 10.1. The summed E-state index contributed by atoms with van der Waals surface area (Å²) in [5, 5.41) is 13.4. The van der Waals surface area contributed by atoms with Crippen LogP contribution in [0.4, 0.5) is 0 Å². The van der Waals surface area contributed by atoms with Crippen molar-refractivity contribution in [1.29, 1.82) is 0 Å². The third-order valence-electron chi connectivity index (χ3n) is 2.43. The van der Waals surface area contributed by atoms with Gasteiger partial charge in [-0.25, -0.2) is 9.78 Å². The Morgan fingerprint density at radius 2 is 2.25 bits per heavy atom. The Labute approximate surface area is 120 Å². The maximum atomic E-state index is 10.7. The molecule has 0 bridgehead atoms. The molecule has 106 valence electrons. The normalized spacial score (nSPS) is 10.9. The van der Waals surface area contributed by atoms with Crippen molar-refractivity contribution < 1.29 is 14.4 Å². The zero-order chi connectivity index (χ0) is 14.5. The van der Waals surface area contributed by atoms with Crippen molar-refractivity contribution in [1.82, 2.24) is 15.1 Å². The standard InChI is InChI=1S/C13H15N3O3S/c1-8(2)5-11-15-10(16-19-11)7-20-12-4-3-9(6-14-12)13(17)18/h3-4,6,8H,5,7H2,1-2H3,(H,17,18). The molecule has 0 fully saturated rings. The predicted octanol–water partition coefficient (Wildman–Crippen LogP) is 2.65. The molecule has 6 nitrogen and oxygen atoms in total. The number of aromatic carboxylic acids is 1. The summed E-state index contributed by atoms with van der Waals surface area (Å²) in [5.41, 5.74) is 0.174. The van der Waals surface area contributed by atoms with Crippen molar-refractivity contribution in [3.63, 3.8) is 0 Å². The van der Waals surface area contributed by atoms with Gasteiger partial charge in [-0.3, -0.25) is 0 Å². The lowest BCUT2D eigenvalue weighted by Crippen LogP contribution is -1.97. The van der Waals surface area contributed by atoms with Gasteiger partial charge in [-0.05, 0) is 18.1 Å². The van der Waals surface area contributed by atoms with Gasteiger partial charge in [0.1, 0.15) is 0 Å². The van der Waals surface area contributed by atoms with Crippen molar-refractivity contribution in [2.75, 3.05) is 0 Å². The van der Waals surface area contributed by atoms with Crippen LogP contribution in [0.25, 0.3) is 0 Å². The quantitative estimate of drug-likeness (QED) is 0.819. The van der Waals surface area contributed by atoms with Crippen LogP contribution in [0.1, 0.15) is 35.9 Å². The minimum Gasteiger partial charge on any atom is -0.478 e. The van der Waals surface area contributed by atoms with Crippen LogP contribution in [-0.4, -0.2) is 26.2 Å². The highest BCUT2D eigenvalue weighted by Gasteiger charge is 2.09. The third kappa shape index (κ3) is 4.06. The van der Waals surface area contributed by atoms with Crippen molar-refractivity contribution in [3.05, 3.63) is 35.6 Å². The number of hydrogen-bond acceptors (Lipinski definition) is 6. The van der Waals surface area contributed by atoms with Crippen molar-refractivity contribution >= 4 is 17.7 Å². The molecule has 0 aromatic carbocycles. The molecule has 0 radical (unpaired) electrons. The first-order valence-corrected chi connectivity index (χ1v) is 7.16. The number of aromatic nitrogens is 3. The number of pyridine rings is 1. The van der Waals surface area contributed by atoms with Gasteiger partial charge in [0.25, 0.3) is 0 Å². The second kappa shape index (κ2) is 6.51. The van der Waals surface area contributed by atoms with E-state index in [1.165, 1.54) is 24.0 Å². The van der Waals surface area contributed by atoms with E-state index >= 15 is 0 Å². The summed E-state index contributed by atoms with van der Waals surface area (Å²) in [6.45, 7) is 4.18. The van der Waals surface area contributed by atoms with Gasteiger partial charge in [0, 0.05) is 12.6 Å². The lowest BCUT2D eigenvalue weighted by Gasteiger charge is -1.98. The molecule has 0 saturated carbocycles. The largest absolute Gasteiger partial charge is 0.478 e. The highest BCUT2D eigenvalue weighted by Crippen LogP contribution is 2.19. The maximum Gasteiger partial charge on any atom is 0.337 e. The molecule has 2 heterocycles. The number of carboxylic acid groups (broad SMARTS) is 1. The molecule has 1 N–H and O–H groups in total. The van der Waals surface area contributed by atoms with Gasteiger partial charge in [-0.15, -0.1) is 0 Å². The number of hydrogen-bond donors (Lipinski definition) is 1. The van der Waals surface area contributed by atoms with Crippen LogP contribution < -0.4 is 0 Å². The summed E-state index contributed by atoms with van der Waals surface area (Å²) in [6, 6.07) is 3.20. The Morgan fingerprint density at radius 1 is 1.45 bits per heavy atom. The average molecular weight is 293 g/mol. The van der Waals surface area contributed by atoms with E-state index in [0.717, 1.165) is 11.4 Å². The van der Waals surface area contributed by atoms with Gasteiger partial charge in [0.05, 0.1) is 16.3 Å². The van der Waals surface area contributed by atoms with Crippen LogP contribution in [-0.2, 0) is 12.2 Å². The second-order valence-corrected chi connectivity index (χ2v) is 5.68. The number of carboxylic acids is 1. The zero-order valence-electron chi connectivity index (χ0n) is 11.2. The average Bonchev–Trinajstić information content (AvgIpc) is 2.83. The Bertz CT molecular complexity index is 581. The first-order valence-electron chi connectivity index (χ1n) is 6.18. The van der Waals surface area contributed by atoms with Crippen LogP contribution in [0.2, 0.25) is 0 Å². The highest BCUT2D eigenvalue weighted by molar-refractivity contribution is 7.98. The van der Waals surface area contributed by atoms with Crippen molar-refractivity contribution in [2.24, 2.45) is 5.92 Å². The van der Waals surface area contributed by atoms with Gasteiger partial charge in [0.15, 0.2) is 5.82 Å². The monoisotopic (exact) mass is 293 g/mol. The highest BCUT2D eigenvalue weighted by atomic mass is 32.2. The Kier molecular flexibility index (Phi) is 4.73. The molecule has 0 saturated heterocycles. The van der Waals surface area contributed by atoms with E-state index in [4.69, 9.17) is 9.63 Å². The lowest BCUT2D eigenvalue weighted by molar-refractivity contribution is 0.0696. The summed E-state index contributed by atoms with van der Waals surface area (Å²) in [5.74, 6) is 1.30. The number of rotatable bonds is 6. The smallest absolute Gasteiger partial charge is 0.337 e. The molecule has 0 aliphatic carbocycles. The number of carbonyl (C=O) groups is 1. The number of nitrogens with zero attached hydrogens (tertiary/aromatic N) is 3. The third-order valence-corrected chi connectivity index (χ3v) is 3.37. The Balaban J connectivity index is 1.91. The fourth-order valence-corrected chi connectivity index (χ4v) is 2.20. The first-order chi connectivity index (χ1) is 9.54. The van der Waals surface area contributed by atoms with E-state index in [-0.39, 0.29) is 5.56 Å². The van der Waals surface area contributed by atoms with E-state index in [1.54, 1.807) is 6.07 Å². The summed E-state index contributed by atoms with van der Waals surface area (Å²) in [4.78, 5) is 19.1. The van der Waals surface area contributed by atoms with Gasteiger partial charge in [0.2, 0.25) is 5.89 Å². The first kappa shape index (κ1) is 14.5. The minimum absolute atomic E-state index is 0.174.